The number of nitrogens with one attached hydrogen (secondary N) is 1. The van der Waals surface area contributed by atoms with E-state index < -0.39 is 0 Å². The number of anilines is 1. The molecule has 0 aliphatic rings. The molecule has 2 aromatic rings. The maximum absolute atomic E-state index is 12.0. The SMILES string of the molecule is CCc1ccc(OCCCC(=O)Nc2ccc(I)cc2C)c(Br)c1. The zero-order valence-electron chi connectivity index (χ0n) is 13.9. The summed E-state index contributed by atoms with van der Waals surface area (Å²) in [6, 6.07) is 12.1. The van der Waals surface area contributed by atoms with E-state index in [9.17, 15) is 4.79 Å². The number of ether oxygens (including phenoxy) is 1. The average molecular weight is 502 g/mol. The Bertz CT molecular complexity index is 719. The third-order valence-electron chi connectivity index (χ3n) is 3.67. The molecule has 2 aromatic carbocycles. The van der Waals surface area contributed by atoms with Crippen LogP contribution in [0.2, 0.25) is 0 Å². The van der Waals surface area contributed by atoms with Crippen molar-refractivity contribution in [2.75, 3.05) is 11.9 Å². The highest BCUT2D eigenvalue weighted by Crippen LogP contribution is 2.26. The fourth-order valence-electron chi connectivity index (χ4n) is 2.28. The number of rotatable bonds is 7. The number of hydrogen-bond acceptors (Lipinski definition) is 2. The van der Waals surface area contributed by atoms with Gasteiger partial charge in [0.15, 0.2) is 0 Å². The molecule has 0 saturated carbocycles. The van der Waals surface area contributed by atoms with Crippen molar-refractivity contribution in [2.24, 2.45) is 0 Å². The van der Waals surface area contributed by atoms with Gasteiger partial charge in [0.2, 0.25) is 5.91 Å². The van der Waals surface area contributed by atoms with Crippen molar-refractivity contribution >= 4 is 50.1 Å². The van der Waals surface area contributed by atoms with Crippen molar-refractivity contribution in [3.63, 3.8) is 0 Å². The van der Waals surface area contributed by atoms with Gasteiger partial charge in [-0.05, 0) is 99.7 Å². The molecule has 0 bridgehead atoms. The molecule has 0 radical (unpaired) electrons. The molecule has 0 heterocycles. The minimum absolute atomic E-state index is 0.0169. The predicted octanol–water partition coefficient (Wildman–Crippen LogP) is 5.72. The van der Waals surface area contributed by atoms with Gasteiger partial charge >= 0.3 is 0 Å². The van der Waals surface area contributed by atoms with Crippen LogP contribution in [0.15, 0.2) is 40.9 Å². The number of amides is 1. The Hall–Kier alpha value is -1.08. The van der Waals surface area contributed by atoms with Gasteiger partial charge in [0.1, 0.15) is 5.75 Å². The van der Waals surface area contributed by atoms with Crippen LogP contribution < -0.4 is 10.1 Å². The first-order valence-electron chi connectivity index (χ1n) is 7.97. The second-order valence-corrected chi connectivity index (χ2v) is 7.68. The van der Waals surface area contributed by atoms with Gasteiger partial charge in [-0.25, -0.2) is 0 Å². The fraction of sp³-hybridized carbons (Fsp3) is 0.316. The van der Waals surface area contributed by atoms with Gasteiger partial charge in [0, 0.05) is 15.7 Å². The van der Waals surface area contributed by atoms with Crippen molar-refractivity contribution < 1.29 is 9.53 Å². The first-order chi connectivity index (χ1) is 11.5. The topological polar surface area (TPSA) is 38.3 Å². The third kappa shape index (κ3) is 5.77. The molecule has 24 heavy (non-hydrogen) atoms. The molecule has 3 nitrogen and oxygen atoms in total. The highest BCUT2D eigenvalue weighted by Gasteiger charge is 2.06. The Morgan fingerprint density at radius 3 is 2.71 bits per heavy atom. The summed E-state index contributed by atoms with van der Waals surface area (Å²) < 4.78 is 7.87. The molecule has 1 amide bonds. The van der Waals surface area contributed by atoms with Crippen LogP contribution in [0.4, 0.5) is 5.69 Å². The Morgan fingerprint density at radius 1 is 1.25 bits per heavy atom. The lowest BCUT2D eigenvalue weighted by atomic mass is 10.2. The predicted molar refractivity (Wildman–Crippen MR) is 111 cm³/mol. The van der Waals surface area contributed by atoms with Crippen LogP contribution in [0.1, 0.15) is 30.9 Å². The summed E-state index contributed by atoms with van der Waals surface area (Å²) in [7, 11) is 0. The first kappa shape index (κ1) is 19.2. The van der Waals surface area contributed by atoms with Gasteiger partial charge in [-0.3, -0.25) is 4.79 Å². The molecule has 2 rings (SSSR count). The van der Waals surface area contributed by atoms with E-state index in [4.69, 9.17) is 4.74 Å². The average Bonchev–Trinajstić information content (AvgIpc) is 2.55. The van der Waals surface area contributed by atoms with Crippen LogP contribution in [0.25, 0.3) is 0 Å². The summed E-state index contributed by atoms with van der Waals surface area (Å²) in [5, 5.41) is 2.96. The summed E-state index contributed by atoms with van der Waals surface area (Å²) in [4.78, 5) is 12.0. The number of halogens is 2. The fourth-order valence-corrected chi connectivity index (χ4v) is 3.46. The Balaban J connectivity index is 1.76. The van der Waals surface area contributed by atoms with Crippen molar-refractivity contribution in [3.05, 3.63) is 55.6 Å². The summed E-state index contributed by atoms with van der Waals surface area (Å²) in [6.07, 6.45) is 2.12. The lowest BCUT2D eigenvalue weighted by Gasteiger charge is -2.10. The van der Waals surface area contributed by atoms with Crippen molar-refractivity contribution in [1.82, 2.24) is 0 Å². The third-order valence-corrected chi connectivity index (χ3v) is 4.96. The maximum atomic E-state index is 12.0. The number of benzene rings is 2. The Morgan fingerprint density at radius 2 is 2.04 bits per heavy atom. The van der Waals surface area contributed by atoms with E-state index in [1.54, 1.807) is 0 Å². The van der Waals surface area contributed by atoms with Gasteiger partial charge in [-0.15, -0.1) is 0 Å². The van der Waals surface area contributed by atoms with Crippen molar-refractivity contribution in [3.8, 4) is 5.75 Å². The molecular weight excluding hydrogens is 481 g/mol. The lowest BCUT2D eigenvalue weighted by molar-refractivity contribution is -0.116. The molecule has 0 saturated heterocycles. The molecule has 0 atom stereocenters. The van der Waals surface area contributed by atoms with Crippen molar-refractivity contribution in [1.29, 1.82) is 0 Å². The first-order valence-corrected chi connectivity index (χ1v) is 9.84. The quantitative estimate of drug-likeness (QED) is 0.389. The van der Waals surface area contributed by atoms with Crippen LogP contribution in [0.5, 0.6) is 5.75 Å². The molecule has 128 valence electrons. The van der Waals surface area contributed by atoms with Crippen molar-refractivity contribution in [2.45, 2.75) is 33.1 Å². The Kier molecular flexibility index (Phi) is 7.55. The molecule has 0 aromatic heterocycles. The molecule has 1 N–H and O–H groups in total. The van der Waals surface area contributed by atoms with E-state index in [1.165, 1.54) is 5.56 Å². The van der Waals surface area contributed by atoms with E-state index >= 15 is 0 Å². The van der Waals surface area contributed by atoms with E-state index in [2.05, 4.69) is 69.0 Å². The van der Waals surface area contributed by atoms with Crippen LogP contribution in [0, 0.1) is 10.5 Å². The normalized spacial score (nSPS) is 10.5. The van der Waals surface area contributed by atoms with Gasteiger partial charge in [-0.2, -0.15) is 0 Å². The number of aryl methyl sites for hydroxylation is 2. The van der Waals surface area contributed by atoms with Crippen LogP contribution in [-0.4, -0.2) is 12.5 Å². The molecule has 0 aliphatic heterocycles. The monoisotopic (exact) mass is 501 g/mol. The highest BCUT2D eigenvalue weighted by molar-refractivity contribution is 14.1. The molecule has 0 fully saturated rings. The number of carbonyl (C=O) groups is 1. The smallest absolute Gasteiger partial charge is 0.224 e. The van der Waals surface area contributed by atoms with Gasteiger partial charge in [-0.1, -0.05) is 13.0 Å². The summed E-state index contributed by atoms with van der Waals surface area (Å²) in [5.41, 5.74) is 3.21. The van der Waals surface area contributed by atoms with Gasteiger partial charge in [0.25, 0.3) is 0 Å². The zero-order chi connectivity index (χ0) is 17.5. The minimum Gasteiger partial charge on any atom is -0.492 e. The van der Waals surface area contributed by atoms with Crippen LogP contribution in [-0.2, 0) is 11.2 Å². The molecule has 0 unspecified atom stereocenters. The maximum Gasteiger partial charge on any atom is 0.224 e. The van der Waals surface area contributed by atoms with E-state index in [0.29, 0.717) is 19.4 Å². The summed E-state index contributed by atoms with van der Waals surface area (Å²) in [6.45, 7) is 4.64. The molecule has 0 aliphatic carbocycles. The van der Waals surface area contributed by atoms with Crippen LogP contribution >= 0.6 is 38.5 Å². The zero-order valence-corrected chi connectivity index (χ0v) is 17.6. The van der Waals surface area contributed by atoms with E-state index in [1.807, 2.05) is 25.1 Å². The Labute approximate surface area is 165 Å². The molecule has 0 spiro atoms. The van der Waals surface area contributed by atoms with Gasteiger partial charge < -0.3 is 10.1 Å². The van der Waals surface area contributed by atoms with Gasteiger partial charge in [0.05, 0.1) is 11.1 Å². The largest absolute Gasteiger partial charge is 0.492 e. The number of hydrogen-bond donors (Lipinski definition) is 1. The molecule has 5 heteroatoms. The second kappa shape index (κ2) is 9.42. The molecular formula is C19H21BrINO2. The lowest BCUT2D eigenvalue weighted by Crippen LogP contribution is -2.13. The van der Waals surface area contributed by atoms with E-state index in [-0.39, 0.29) is 5.91 Å². The van der Waals surface area contributed by atoms with E-state index in [0.717, 1.165) is 31.5 Å². The highest BCUT2D eigenvalue weighted by atomic mass is 127. The number of carbonyl (C=O) groups excluding carboxylic acids is 1. The summed E-state index contributed by atoms with van der Waals surface area (Å²) in [5.74, 6) is 0.837. The minimum atomic E-state index is 0.0169. The summed E-state index contributed by atoms with van der Waals surface area (Å²) >= 11 is 5.78. The standard InChI is InChI=1S/C19H21BrINO2/c1-3-14-6-9-18(16(20)12-14)24-10-4-5-19(23)22-17-8-7-15(21)11-13(17)2/h6-9,11-12H,3-5,10H2,1-2H3,(H,22,23). The van der Waals surface area contributed by atoms with Crippen LogP contribution in [0.3, 0.4) is 0 Å². The second-order valence-electron chi connectivity index (χ2n) is 5.58.